The maximum Gasteiger partial charge on any atom is 0.227 e. The van der Waals surface area contributed by atoms with Crippen molar-refractivity contribution in [3.05, 3.63) is 65.2 Å². The molecule has 2 aromatic rings. The van der Waals surface area contributed by atoms with E-state index in [4.69, 9.17) is 4.74 Å². The minimum atomic E-state index is -1.12. The van der Waals surface area contributed by atoms with Gasteiger partial charge in [0.15, 0.2) is 0 Å². The van der Waals surface area contributed by atoms with E-state index in [1.165, 1.54) is 0 Å². The number of fused-ring (bicyclic) bond motifs is 1. The van der Waals surface area contributed by atoms with Gasteiger partial charge in [-0.25, -0.2) is 0 Å². The summed E-state index contributed by atoms with van der Waals surface area (Å²) in [6.45, 7) is 3.19. The molecular weight excluding hydrogens is 388 g/mol. The van der Waals surface area contributed by atoms with Crippen molar-refractivity contribution in [3.8, 4) is 11.8 Å². The zero-order valence-corrected chi connectivity index (χ0v) is 18.3. The van der Waals surface area contributed by atoms with Gasteiger partial charge < -0.3 is 14.7 Å². The predicted molar refractivity (Wildman–Crippen MR) is 118 cm³/mol. The Kier molecular flexibility index (Phi) is 6.02. The second-order valence-electron chi connectivity index (χ2n) is 9.06. The number of aliphatic hydroxyl groups is 1. The van der Waals surface area contributed by atoms with Gasteiger partial charge >= 0.3 is 0 Å². The van der Waals surface area contributed by atoms with Gasteiger partial charge in [0.25, 0.3) is 0 Å². The van der Waals surface area contributed by atoms with Crippen LogP contribution in [0.3, 0.4) is 0 Å². The van der Waals surface area contributed by atoms with Crippen LogP contribution < -0.4 is 4.74 Å². The molecule has 0 unspecified atom stereocenters. The molecule has 0 spiro atoms. The molecule has 0 aromatic heterocycles. The molecule has 0 radical (unpaired) electrons. The highest BCUT2D eigenvalue weighted by atomic mass is 16.5. The highest BCUT2D eigenvalue weighted by Crippen LogP contribution is 2.52. The van der Waals surface area contributed by atoms with Crippen molar-refractivity contribution in [2.24, 2.45) is 17.8 Å². The summed E-state index contributed by atoms with van der Waals surface area (Å²) >= 11 is 0. The van der Waals surface area contributed by atoms with E-state index >= 15 is 0 Å². The highest BCUT2D eigenvalue weighted by Gasteiger charge is 2.53. The van der Waals surface area contributed by atoms with Crippen molar-refractivity contribution in [2.45, 2.75) is 38.2 Å². The number of amides is 1. The van der Waals surface area contributed by atoms with Gasteiger partial charge in [0.1, 0.15) is 5.75 Å². The van der Waals surface area contributed by atoms with Gasteiger partial charge in [-0.15, -0.1) is 0 Å². The summed E-state index contributed by atoms with van der Waals surface area (Å²) in [5.74, 6) is 0.962. The number of rotatable bonds is 5. The first kappa shape index (κ1) is 21.4. The second kappa shape index (κ2) is 8.72. The molecule has 31 heavy (non-hydrogen) atoms. The van der Waals surface area contributed by atoms with Crippen molar-refractivity contribution in [1.82, 2.24) is 4.90 Å². The predicted octanol–water partition coefficient (Wildman–Crippen LogP) is 3.83. The quantitative estimate of drug-likeness (QED) is 0.801. The van der Waals surface area contributed by atoms with E-state index in [0.29, 0.717) is 38.1 Å². The molecule has 1 heterocycles. The summed E-state index contributed by atoms with van der Waals surface area (Å²) in [6, 6.07) is 17.9. The lowest BCUT2D eigenvalue weighted by molar-refractivity contribution is -0.130. The molecule has 5 nitrogen and oxygen atoms in total. The summed E-state index contributed by atoms with van der Waals surface area (Å²) in [6.07, 6.45) is 2.17. The Morgan fingerprint density at radius 1 is 1.23 bits per heavy atom. The lowest BCUT2D eigenvalue weighted by atomic mass is 9.63. The molecule has 4 rings (SSSR count). The van der Waals surface area contributed by atoms with Crippen molar-refractivity contribution in [1.29, 1.82) is 5.26 Å². The van der Waals surface area contributed by atoms with Crippen LogP contribution in [0.2, 0.25) is 0 Å². The van der Waals surface area contributed by atoms with Crippen molar-refractivity contribution >= 4 is 5.91 Å². The molecule has 2 fully saturated rings. The van der Waals surface area contributed by atoms with E-state index in [1.807, 2.05) is 60.4 Å². The third-order valence-electron chi connectivity index (χ3n) is 7.20. The monoisotopic (exact) mass is 418 g/mol. The number of para-hydroxylation sites is 1. The van der Waals surface area contributed by atoms with Crippen LogP contribution in [0.4, 0.5) is 0 Å². The maximum atomic E-state index is 13.2. The van der Waals surface area contributed by atoms with Gasteiger partial charge in [0, 0.05) is 31.0 Å². The Morgan fingerprint density at radius 2 is 1.97 bits per heavy atom. The van der Waals surface area contributed by atoms with Gasteiger partial charge in [0.2, 0.25) is 5.91 Å². The molecule has 4 atom stereocenters. The normalized spacial score (nSPS) is 27.4. The van der Waals surface area contributed by atoms with Gasteiger partial charge in [0.05, 0.1) is 25.2 Å². The van der Waals surface area contributed by atoms with Crippen LogP contribution in [0.5, 0.6) is 5.75 Å². The maximum absolute atomic E-state index is 13.2. The van der Waals surface area contributed by atoms with Crippen LogP contribution >= 0.6 is 0 Å². The minimum Gasteiger partial charge on any atom is -0.496 e. The molecule has 2 aromatic carbocycles. The Bertz CT molecular complexity index is 998. The van der Waals surface area contributed by atoms with Crippen LogP contribution in [0, 0.1) is 36.0 Å². The minimum absolute atomic E-state index is 0.0698. The van der Waals surface area contributed by atoms with E-state index in [-0.39, 0.29) is 23.7 Å². The number of hydrogen-bond donors (Lipinski definition) is 1. The molecule has 1 saturated carbocycles. The van der Waals surface area contributed by atoms with Crippen LogP contribution in [0.15, 0.2) is 48.5 Å². The average molecular weight is 419 g/mol. The number of carbonyl (C=O) groups excluding carboxylic acids is 1. The summed E-state index contributed by atoms with van der Waals surface area (Å²) in [5, 5.41) is 21.3. The number of methoxy groups -OCH3 is 1. The highest BCUT2D eigenvalue weighted by molar-refractivity contribution is 5.79. The fourth-order valence-electron chi connectivity index (χ4n) is 5.64. The Labute approximate surface area is 184 Å². The topological polar surface area (TPSA) is 73.6 Å². The van der Waals surface area contributed by atoms with Crippen LogP contribution in [0.25, 0.3) is 0 Å². The Hall–Kier alpha value is -2.84. The molecular formula is C26H30N2O3. The van der Waals surface area contributed by atoms with E-state index in [0.717, 1.165) is 23.1 Å². The molecule has 0 bridgehead atoms. The third-order valence-corrected chi connectivity index (χ3v) is 7.20. The molecule has 1 amide bonds. The first-order valence-corrected chi connectivity index (χ1v) is 11.0. The number of likely N-dealkylation sites (tertiary alicyclic amines) is 1. The summed E-state index contributed by atoms with van der Waals surface area (Å²) < 4.78 is 5.57. The van der Waals surface area contributed by atoms with Gasteiger partial charge in [-0.05, 0) is 48.8 Å². The third kappa shape index (κ3) is 4.05. The molecule has 1 saturated heterocycles. The molecule has 2 aliphatic rings. The molecule has 1 aliphatic carbocycles. The van der Waals surface area contributed by atoms with E-state index in [2.05, 4.69) is 6.07 Å². The summed E-state index contributed by atoms with van der Waals surface area (Å²) in [5.41, 5.74) is 1.81. The lowest BCUT2D eigenvalue weighted by Gasteiger charge is -2.45. The molecule has 1 N–H and O–H groups in total. The lowest BCUT2D eigenvalue weighted by Crippen LogP contribution is -2.46. The number of nitriles is 1. The first-order valence-electron chi connectivity index (χ1n) is 11.0. The number of hydrogen-bond acceptors (Lipinski definition) is 4. The van der Waals surface area contributed by atoms with Crippen LogP contribution in [-0.2, 0) is 16.8 Å². The molecule has 1 aliphatic heterocycles. The fraction of sp³-hybridized carbons (Fsp3) is 0.462. The largest absolute Gasteiger partial charge is 0.496 e. The Morgan fingerprint density at radius 3 is 2.71 bits per heavy atom. The van der Waals surface area contributed by atoms with Gasteiger partial charge in [-0.3, -0.25) is 4.79 Å². The average Bonchev–Trinajstić information content (AvgIpc) is 3.21. The van der Waals surface area contributed by atoms with Gasteiger partial charge in [-0.1, -0.05) is 42.5 Å². The second-order valence-corrected chi connectivity index (χ2v) is 9.06. The fourth-order valence-corrected chi connectivity index (χ4v) is 5.64. The van der Waals surface area contributed by atoms with E-state index < -0.39 is 5.60 Å². The smallest absolute Gasteiger partial charge is 0.227 e. The van der Waals surface area contributed by atoms with Crippen molar-refractivity contribution in [2.75, 3.05) is 20.2 Å². The number of benzene rings is 2. The Balaban J connectivity index is 1.62. The molecule has 162 valence electrons. The summed E-state index contributed by atoms with van der Waals surface area (Å²) in [4.78, 5) is 15.1. The van der Waals surface area contributed by atoms with Crippen molar-refractivity contribution < 1.29 is 14.6 Å². The number of carbonyl (C=O) groups is 1. The number of aryl methyl sites for hydroxylation is 1. The first-order chi connectivity index (χ1) is 15.0. The van der Waals surface area contributed by atoms with E-state index in [1.54, 1.807) is 7.11 Å². The van der Waals surface area contributed by atoms with Crippen LogP contribution in [0.1, 0.15) is 36.0 Å². The zero-order chi connectivity index (χ0) is 22.0. The number of ether oxygens (including phenoxy) is 1. The zero-order valence-electron chi connectivity index (χ0n) is 18.3. The van der Waals surface area contributed by atoms with E-state index in [9.17, 15) is 15.2 Å². The van der Waals surface area contributed by atoms with Crippen LogP contribution in [-0.4, -0.2) is 36.1 Å². The van der Waals surface area contributed by atoms with Gasteiger partial charge in [-0.2, -0.15) is 5.26 Å². The number of nitrogens with zero attached hydrogens (tertiary/aromatic N) is 2. The SMILES string of the molecule is COc1ccccc1[C@]1(O)C[C@H](CC#N)C[C@H]2CN(C(=O)Cc3ccccc3C)C[C@H]21. The molecule has 5 heteroatoms. The standard InChI is InChI=1S/C26H30N2O3/c1-18-7-3-4-8-20(18)14-25(29)28-16-21-13-19(11-12-27)15-26(30,23(21)17-28)22-9-5-6-10-24(22)31-2/h3-10,19,21,23,30H,11,13-17H2,1-2H3/t19-,21+,23-,26-/m1/s1. The summed E-state index contributed by atoms with van der Waals surface area (Å²) in [7, 11) is 1.61. The van der Waals surface area contributed by atoms with Crippen molar-refractivity contribution in [3.63, 3.8) is 0 Å².